The number of fused-ring (bicyclic) bond motifs is 1. The Balaban J connectivity index is 1.57. The lowest BCUT2D eigenvalue weighted by atomic mass is 9.86. The molecule has 2 aliphatic carbocycles. The summed E-state index contributed by atoms with van der Waals surface area (Å²) in [5.41, 5.74) is 2.14. The van der Waals surface area contributed by atoms with Gasteiger partial charge in [0, 0.05) is 24.6 Å². The van der Waals surface area contributed by atoms with Crippen LogP contribution in [0.15, 0.2) is 30.7 Å². The highest BCUT2D eigenvalue weighted by Crippen LogP contribution is 2.37. The number of pyridine rings is 1. The summed E-state index contributed by atoms with van der Waals surface area (Å²) in [5, 5.41) is 3.00. The van der Waals surface area contributed by atoms with E-state index in [0.29, 0.717) is 12.0 Å². The second-order valence-electron chi connectivity index (χ2n) is 5.87. The molecule has 2 aromatic heterocycles. The fraction of sp³-hybridized carbons (Fsp3) is 0.438. The summed E-state index contributed by atoms with van der Waals surface area (Å²) < 4.78 is 2.07. The van der Waals surface area contributed by atoms with E-state index in [0.717, 1.165) is 25.0 Å². The summed E-state index contributed by atoms with van der Waals surface area (Å²) in [6, 6.07) is 4.53. The zero-order valence-corrected chi connectivity index (χ0v) is 11.8. The van der Waals surface area contributed by atoms with Crippen molar-refractivity contribution in [3.05, 3.63) is 42.0 Å². The van der Waals surface area contributed by atoms with Crippen LogP contribution in [-0.2, 0) is 11.2 Å². The average Bonchev–Trinajstić information content (AvgIpc) is 3.26. The van der Waals surface area contributed by atoms with Crippen LogP contribution in [0.2, 0.25) is 0 Å². The molecule has 5 nitrogen and oxygen atoms in total. The van der Waals surface area contributed by atoms with Crippen molar-refractivity contribution in [3.8, 4) is 0 Å². The standard InChI is InChI=1S/C16H18N4O/c21-15(19-16-18-9-10-20(16)12-6-7-12)13-5-1-3-11-4-2-8-17-14(11)13/h2,4,8-10,12-13H,1,3,5-7H2,(H,18,19,21). The van der Waals surface area contributed by atoms with Gasteiger partial charge in [-0.15, -0.1) is 0 Å². The summed E-state index contributed by atoms with van der Waals surface area (Å²) in [5.74, 6) is 0.535. The third-order valence-electron chi connectivity index (χ3n) is 4.36. The second-order valence-corrected chi connectivity index (χ2v) is 5.87. The summed E-state index contributed by atoms with van der Waals surface area (Å²) >= 11 is 0. The smallest absolute Gasteiger partial charge is 0.235 e. The molecule has 0 radical (unpaired) electrons. The van der Waals surface area contributed by atoms with Crippen molar-refractivity contribution in [2.75, 3.05) is 5.32 Å². The number of anilines is 1. The molecule has 1 N–H and O–H groups in total. The SMILES string of the molecule is O=C(Nc1nccn1C1CC1)C1CCCc2cccnc21. The number of carbonyl (C=O) groups is 1. The molecule has 0 saturated heterocycles. The third kappa shape index (κ3) is 2.33. The fourth-order valence-electron chi connectivity index (χ4n) is 3.12. The molecule has 0 spiro atoms. The Morgan fingerprint density at radius 3 is 3.00 bits per heavy atom. The lowest BCUT2D eigenvalue weighted by molar-refractivity contribution is -0.118. The van der Waals surface area contributed by atoms with Gasteiger partial charge in [-0.3, -0.25) is 15.1 Å². The van der Waals surface area contributed by atoms with E-state index in [1.165, 1.54) is 18.4 Å². The maximum absolute atomic E-state index is 12.6. The van der Waals surface area contributed by atoms with Crippen LogP contribution in [0.3, 0.4) is 0 Å². The lowest BCUT2D eigenvalue weighted by Crippen LogP contribution is -2.26. The van der Waals surface area contributed by atoms with Gasteiger partial charge >= 0.3 is 0 Å². The van der Waals surface area contributed by atoms with Crippen molar-refractivity contribution in [3.63, 3.8) is 0 Å². The highest BCUT2D eigenvalue weighted by molar-refractivity contribution is 5.94. The number of carbonyl (C=O) groups excluding carboxylic acids is 1. The number of imidazole rings is 1. The van der Waals surface area contributed by atoms with Crippen LogP contribution >= 0.6 is 0 Å². The summed E-state index contributed by atoms with van der Waals surface area (Å²) in [7, 11) is 0. The molecule has 0 aliphatic heterocycles. The van der Waals surface area contributed by atoms with Gasteiger partial charge in [-0.05, 0) is 43.7 Å². The van der Waals surface area contributed by atoms with Crippen LogP contribution < -0.4 is 5.32 Å². The van der Waals surface area contributed by atoms with E-state index in [2.05, 4.69) is 25.9 Å². The Labute approximate surface area is 123 Å². The number of rotatable bonds is 3. The molecule has 2 aliphatic rings. The molecule has 1 saturated carbocycles. The number of nitrogens with one attached hydrogen (secondary N) is 1. The molecule has 2 heterocycles. The van der Waals surface area contributed by atoms with Crippen LogP contribution in [-0.4, -0.2) is 20.4 Å². The summed E-state index contributed by atoms with van der Waals surface area (Å²) in [6.45, 7) is 0. The Morgan fingerprint density at radius 2 is 2.14 bits per heavy atom. The third-order valence-corrected chi connectivity index (χ3v) is 4.36. The Morgan fingerprint density at radius 1 is 1.24 bits per heavy atom. The first-order valence-electron chi connectivity index (χ1n) is 7.60. The van der Waals surface area contributed by atoms with Gasteiger partial charge in [-0.25, -0.2) is 4.98 Å². The maximum Gasteiger partial charge on any atom is 0.235 e. The van der Waals surface area contributed by atoms with Crippen LogP contribution in [0, 0.1) is 0 Å². The van der Waals surface area contributed by atoms with Crippen LogP contribution in [0.1, 0.15) is 48.9 Å². The summed E-state index contributed by atoms with van der Waals surface area (Å²) in [4.78, 5) is 21.3. The first-order valence-corrected chi connectivity index (χ1v) is 7.60. The maximum atomic E-state index is 12.6. The highest BCUT2D eigenvalue weighted by Gasteiger charge is 2.30. The number of nitrogens with zero attached hydrogens (tertiary/aromatic N) is 3. The molecular weight excluding hydrogens is 264 g/mol. The fourth-order valence-corrected chi connectivity index (χ4v) is 3.12. The number of hydrogen-bond donors (Lipinski definition) is 1. The van der Waals surface area contributed by atoms with Gasteiger partial charge in [0.05, 0.1) is 11.6 Å². The number of aryl methyl sites for hydroxylation is 1. The van der Waals surface area contributed by atoms with Gasteiger partial charge in [0.25, 0.3) is 0 Å². The number of aromatic nitrogens is 3. The van der Waals surface area contributed by atoms with E-state index >= 15 is 0 Å². The highest BCUT2D eigenvalue weighted by atomic mass is 16.2. The van der Waals surface area contributed by atoms with Gasteiger partial charge in [0.2, 0.25) is 11.9 Å². The molecular formula is C16H18N4O. The first-order chi connectivity index (χ1) is 10.3. The van der Waals surface area contributed by atoms with E-state index in [4.69, 9.17) is 0 Å². The molecule has 1 amide bonds. The van der Waals surface area contributed by atoms with Crippen LogP contribution in [0.4, 0.5) is 5.95 Å². The topological polar surface area (TPSA) is 59.8 Å². The molecule has 0 aromatic carbocycles. The average molecular weight is 282 g/mol. The predicted octanol–water partition coefficient (Wildman–Crippen LogP) is 2.67. The molecule has 2 aromatic rings. The zero-order valence-electron chi connectivity index (χ0n) is 11.8. The largest absolute Gasteiger partial charge is 0.314 e. The summed E-state index contributed by atoms with van der Waals surface area (Å²) in [6.07, 6.45) is 10.7. The monoisotopic (exact) mass is 282 g/mol. The van der Waals surface area contributed by atoms with Crippen molar-refractivity contribution < 1.29 is 4.79 Å². The van der Waals surface area contributed by atoms with Crippen molar-refractivity contribution in [2.24, 2.45) is 0 Å². The van der Waals surface area contributed by atoms with Gasteiger partial charge in [0.1, 0.15) is 0 Å². The van der Waals surface area contributed by atoms with E-state index in [9.17, 15) is 4.79 Å². The minimum absolute atomic E-state index is 0.0164. The van der Waals surface area contributed by atoms with Crippen molar-refractivity contribution in [1.29, 1.82) is 0 Å². The second kappa shape index (κ2) is 4.98. The zero-order chi connectivity index (χ0) is 14.2. The number of hydrogen-bond acceptors (Lipinski definition) is 3. The van der Waals surface area contributed by atoms with Crippen molar-refractivity contribution >= 4 is 11.9 Å². The van der Waals surface area contributed by atoms with Gasteiger partial charge in [-0.2, -0.15) is 0 Å². The van der Waals surface area contributed by atoms with Gasteiger partial charge < -0.3 is 4.57 Å². The minimum Gasteiger partial charge on any atom is -0.314 e. The van der Waals surface area contributed by atoms with Gasteiger partial charge in [-0.1, -0.05) is 6.07 Å². The molecule has 1 atom stereocenters. The first kappa shape index (κ1) is 12.6. The molecule has 0 bridgehead atoms. The van der Waals surface area contributed by atoms with E-state index in [1.807, 2.05) is 12.3 Å². The molecule has 5 heteroatoms. The van der Waals surface area contributed by atoms with E-state index in [-0.39, 0.29) is 11.8 Å². The predicted molar refractivity (Wildman–Crippen MR) is 79.0 cm³/mol. The molecule has 4 rings (SSSR count). The van der Waals surface area contributed by atoms with Crippen molar-refractivity contribution in [1.82, 2.24) is 14.5 Å². The molecule has 1 unspecified atom stereocenters. The normalized spacial score (nSPS) is 20.9. The van der Waals surface area contributed by atoms with Crippen LogP contribution in [0.25, 0.3) is 0 Å². The molecule has 1 fully saturated rings. The quantitative estimate of drug-likeness (QED) is 0.941. The molecule has 21 heavy (non-hydrogen) atoms. The Kier molecular flexibility index (Phi) is 2.98. The Bertz CT molecular complexity index is 674. The van der Waals surface area contributed by atoms with Crippen LogP contribution in [0.5, 0.6) is 0 Å². The Hall–Kier alpha value is -2.17. The lowest BCUT2D eigenvalue weighted by Gasteiger charge is -2.23. The molecule has 108 valence electrons. The van der Waals surface area contributed by atoms with E-state index < -0.39 is 0 Å². The minimum atomic E-state index is -0.153. The number of amides is 1. The van der Waals surface area contributed by atoms with Gasteiger partial charge in [0.15, 0.2) is 0 Å². The van der Waals surface area contributed by atoms with E-state index in [1.54, 1.807) is 12.4 Å². The van der Waals surface area contributed by atoms with Crippen molar-refractivity contribution in [2.45, 2.75) is 44.1 Å².